The summed E-state index contributed by atoms with van der Waals surface area (Å²) in [5, 5.41) is 5.17. The van der Waals surface area contributed by atoms with Crippen molar-refractivity contribution in [3.05, 3.63) is 35.4 Å². The number of carbonyl (C=O) groups is 2. The zero-order valence-electron chi connectivity index (χ0n) is 13.3. The summed E-state index contributed by atoms with van der Waals surface area (Å²) in [7, 11) is 0. The van der Waals surface area contributed by atoms with E-state index in [0.717, 1.165) is 6.07 Å². The summed E-state index contributed by atoms with van der Waals surface area (Å²) in [4.78, 5) is 24.5. The van der Waals surface area contributed by atoms with Crippen LogP contribution in [0.4, 0.5) is 18.0 Å². The van der Waals surface area contributed by atoms with Gasteiger partial charge in [-0.25, -0.2) is 4.79 Å². The lowest BCUT2D eigenvalue weighted by molar-refractivity contribution is -0.138. The van der Waals surface area contributed by atoms with Gasteiger partial charge in [-0.3, -0.25) is 4.79 Å². The summed E-state index contributed by atoms with van der Waals surface area (Å²) in [5.74, 6) is -0.206. The molecule has 1 aromatic carbocycles. The molecule has 1 fully saturated rings. The number of nitrogens with zero attached hydrogens (tertiary/aromatic N) is 1. The minimum atomic E-state index is -4.45. The van der Waals surface area contributed by atoms with E-state index in [0.29, 0.717) is 19.4 Å². The highest BCUT2D eigenvalue weighted by Gasteiger charge is 2.38. The maximum atomic E-state index is 13.2. The Morgan fingerprint density at radius 1 is 1.21 bits per heavy atom. The number of alkyl halides is 3. The first-order chi connectivity index (χ1) is 11.3. The summed E-state index contributed by atoms with van der Waals surface area (Å²) in [6, 6.07) is 4.36. The topological polar surface area (TPSA) is 61.4 Å². The van der Waals surface area contributed by atoms with Gasteiger partial charge in [-0.15, -0.1) is 0 Å². The highest BCUT2D eigenvalue weighted by molar-refractivity contribution is 5.75. The van der Waals surface area contributed by atoms with Gasteiger partial charge in [0.15, 0.2) is 0 Å². The molecule has 0 radical (unpaired) electrons. The molecule has 1 saturated heterocycles. The van der Waals surface area contributed by atoms with E-state index in [1.807, 2.05) is 0 Å². The van der Waals surface area contributed by atoms with Gasteiger partial charge in [0, 0.05) is 26.6 Å². The lowest BCUT2D eigenvalue weighted by Crippen LogP contribution is -2.42. The third-order valence-electron chi connectivity index (χ3n) is 3.91. The second-order valence-electron chi connectivity index (χ2n) is 5.65. The number of likely N-dealkylation sites (tertiary alicyclic amines) is 1. The maximum absolute atomic E-state index is 13.2. The van der Waals surface area contributed by atoms with Gasteiger partial charge in [-0.05, 0) is 24.5 Å². The molecule has 2 rings (SSSR count). The van der Waals surface area contributed by atoms with Gasteiger partial charge in [0.25, 0.3) is 0 Å². The summed E-state index contributed by atoms with van der Waals surface area (Å²) < 4.78 is 39.6. The Balaban J connectivity index is 2.08. The van der Waals surface area contributed by atoms with Crippen molar-refractivity contribution in [1.29, 1.82) is 0 Å². The fraction of sp³-hybridized carbons (Fsp3) is 0.500. The van der Waals surface area contributed by atoms with E-state index in [-0.39, 0.29) is 24.6 Å². The highest BCUT2D eigenvalue weighted by atomic mass is 19.4. The number of urea groups is 1. The van der Waals surface area contributed by atoms with Gasteiger partial charge in [0.1, 0.15) is 0 Å². The molecule has 5 nitrogen and oxygen atoms in total. The third-order valence-corrected chi connectivity index (χ3v) is 3.91. The van der Waals surface area contributed by atoms with E-state index >= 15 is 0 Å². The van der Waals surface area contributed by atoms with E-state index in [1.54, 1.807) is 6.07 Å². The highest BCUT2D eigenvalue weighted by Crippen LogP contribution is 2.40. The molecular weight excluding hydrogens is 323 g/mol. The van der Waals surface area contributed by atoms with Gasteiger partial charge >= 0.3 is 12.2 Å². The predicted octanol–water partition coefficient (Wildman–Crippen LogP) is 2.69. The van der Waals surface area contributed by atoms with Gasteiger partial charge in [-0.1, -0.05) is 18.2 Å². The van der Waals surface area contributed by atoms with Crippen molar-refractivity contribution in [2.75, 3.05) is 19.6 Å². The number of amides is 3. The minimum absolute atomic E-state index is 0.125. The van der Waals surface area contributed by atoms with Gasteiger partial charge < -0.3 is 15.5 Å². The van der Waals surface area contributed by atoms with Crippen LogP contribution in [0.1, 0.15) is 36.9 Å². The Hall–Kier alpha value is -2.25. The number of halogens is 3. The van der Waals surface area contributed by atoms with Crippen LogP contribution in [-0.2, 0) is 11.0 Å². The molecule has 8 heteroatoms. The average Bonchev–Trinajstić information content (AvgIpc) is 3.00. The fourth-order valence-electron chi connectivity index (χ4n) is 2.89. The molecule has 0 aliphatic carbocycles. The molecule has 1 aromatic rings. The van der Waals surface area contributed by atoms with Crippen molar-refractivity contribution >= 4 is 11.9 Å². The van der Waals surface area contributed by atoms with Crippen molar-refractivity contribution in [3.63, 3.8) is 0 Å². The third kappa shape index (κ3) is 4.39. The maximum Gasteiger partial charge on any atom is 0.416 e. The normalized spacial score (nSPS) is 17.7. The van der Waals surface area contributed by atoms with Crippen LogP contribution < -0.4 is 10.6 Å². The minimum Gasteiger partial charge on any atom is -0.355 e. The predicted molar refractivity (Wildman–Crippen MR) is 82.2 cm³/mol. The molecule has 132 valence electrons. The SMILES string of the molecule is CC(=O)NCCNC(=O)N1CCCC1c1ccccc1C(F)(F)F. The smallest absolute Gasteiger partial charge is 0.355 e. The largest absolute Gasteiger partial charge is 0.416 e. The molecule has 3 amide bonds. The summed E-state index contributed by atoms with van der Waals surface area (Å²) in [6.45, 7) is 2.27. The Morgan fingerprint density at radius 2 is 1.88 bits per heavy atom. The van der Waals surface area contributed by atoms with Crippen molar-refractivity contribution in [3.8, 4) is 0 Å². The summed E-state index contributed by atoms with van der Waals surface area (Å²) >= 11 is 0. The van der Waals surface area contributed by atoms with E-state index < -0.39 is 23.8 Å². The van der Waals surface area contributed by atoms with E-state index in [2.05, 4.69) is 10.6 Å². The summed E-state index contributed by atoms with van der Waals surface area (Å²) in [6.07, 6.45) is -3.31. The number of nitrogens with one attached hydrogen (secondary N) is 2. The van der Waals surface area contributed by atoms with E-state index in [9.17, 15) is 22.8 Å². The van der Waals surface area contributed by atoms with Crippen molar-refractivity contribution in [2.24, 2.45) is 0 Å². The standard InChI is InChI=1S/C16H20F3N3O2/c1-11(23)20-8-9-21-15(24)22-10-4-7-14(22)12-5-2-3-6-13(12)16(17,18)19/h2-3,5-6,14H,4,7-10H2,1H3,(H,20,23)(H,21,24). The molecule has 0 saturated carbocycles. The number of rotatable bonds is 4. The van der Waals surface area contributed by atoms with Gasteiger partial charge in [-0.2, -0.15) is 13.2 Å². The molecule has 1 atom stereocenters. The monoisotopic (exact) mass is 343 g/mol. The molecule has 1 unspecified atom stereocenters. The van der Waals surface area contributed by atoms with E-state index in [1.165, 1.54) is 24.0 Å². The van der Waals surface area contributed by atoms with Crippen molar-refractivity contribution < 1.29 is 22.8 Å². The molecule has 0 spiro atoms. The van der Waals surface area contributed by atoms with Crippen LogP contribution in [0.2, 0.25) is 0 Å². The van der Waals surface area contributed by atoms with Crippen LogP contribution in [0.25, 0.3) is 0 Å². The first-order valence-electron chi connectivity index (χ1n) is 7.75. The molecule has 0 bridgehead atoms. The Kier molecular flexibility index (Phi) is 5.69. The lowest BCUT2D eigenvalue weighted by Gasteiger charge is -2.27. The molecule has 1 heterocycles. The van der Waals surface area contributed by atoms with Crippen LogP contribution in [0, 0.1) is 0 Å². The van der Waals surface area contributed by atoms with Crippen LogP contribution in [0.5, 0.6) is 0 Å². The average molecular weight is 343 g/mol. The van der Waals surface area contributed by atoms with Crippen LogP contribution in [0.15, 0.2) is 24.3 Å². The van der Waals surface area contributed by atoms with E-state index in [4.69, 9.17) is 0 Å². The first-order valence-corrected chi connectivity index (χ1v) is 7.75. The number of carbonyl (C=O) groups excluding carboxylic acids is 2. The Bertz CT molecular complexity index is 604. The quantitative estimate of drug-likeness (QED) is 0.826. The Morgan fingerprint density at radius 3 is 2.54 bits per heavy atom. The van der Waals surface area contributed by atoms with Gasteiger partial charge in [0.2, 0.25) is 5.91 Å². The second kappa shape index (κ2) is 7.55. The number of hydrogen-bond donors (Lipinski definition) is 2. The van der Waals surface area contributed by atoms with Crippen LogP contribution in [-0.4, -0.2) is 36.5 Å². The van der Waals surface area contributed by atoms with Crippen LogP contribution in [0.3, 0.4) is 0 Å². The van der Waals surface area contributed by atoms with Crippen molar-refractivity contribution in [2.45, 2.75) is 32.0 Å². The zero-order valence-corrected chi connectivity index (χ0v) is 13.3. The summed E-state index contributed by atoms with van der Waals surface area (Å²) in [5.41, 5.74) is -0.576. The molecule has 1 aliphatic heterocycles. The number of benzene rings is 1. The Labute approximate surface area is 138 Å². The molecule has 2 N–H and O–H groups in total. The number of hydrogen-bond acceptors (Lipinski definition) is 2. The first kappa shape index (κ1) is 18.1. The zero-order chi connectivity index (χ0) is 17.7. The molecule has 0 aromatic heterocycles. The molecule has 24 heavy (non-hydrogen) atoms. The molecular formula is C16H20F3N3O2. The lowest BCUT2D eigenvalue weighted by atomic mass is 9.98. The molecule has 1 aliphatic rings. The van der Waals surface area contributed by atoms with Crippen LogP contribution >= 0.6 is 0 Å². The van der Waals surface area contributed by atoms with Crippen molar-refractivity contribution in [1.82, 2.24) is 15.5 Å². The fourth-order valence-corrected chi connectivity index (χ4v) is 2.89. The second-order valence-corrected chi connectivity index (χ2v) is 5.65. The van der Waals surface area contributed by atoms with Gasteiger partial charge in [0.05, 0.1) is 11.6 Å².